The summed E-state index contributed by atoms with van der Waals surface area (Å²) in [4.78, 5) is 15.2. The van der Waals surface area contributed by atoms with Crippen LogP contribution in [0.2, 0.25) is 0 Å². The molecule has 1 saturated heterocycles. The van der Waals surface area contributed by atoms with E-state index in [1.807, 2.05) is 26.8 Å². The highest BCUT2D eigenvalue weighted by Crippen LogP contribution is 2.56. The molecule has 2 aromatic rings. The summed E-state index contributed by atoms with van der Waals surface area (Å²) >= 11 is 0. The van der Waals surface area contributed by atoms with Crippen LogP contribution in [0.4, 0.5) is 0 Å². The first-order chi connectivity index (χ1) is 14.9. The van der Waals surface area contributed by atoms with Crippen molar-refractivity contribution in [2.45, 2.75) is 77.3 Å². The minimum atomic E-state index is -0.491. The van der Waals surface area contributed by atoms with Crippen LogP contribution in [-0.2, 0) is 23.2 Å². The van der Waals surface area contributed by atoms with E-state index in [0.29, 0.717) is 12.0 Å². The molecule has 0 amide bonds. The predicted octanol–water partition coefficient (Wildman–Crippen LogP) is 5.90. The van der Waals surface area contributed by atoms with Gasteiger partial charge in [-0.1, -0.05) is 49.2 Å². The number of carbonyl (C=O) groups excluding carboxylic acids is 1. The van der Waals surface area contributed by atoms with Crippen molar-refractivity contribution in [1.82, 2.24) is 4.90 Å². The quantitative estimate of drug-likeness (QED) is 0.460. The summed E-state index contributed by atoms with van der Waals surface area (Å²) in [5, 5.41) is 0. The van der Waals surface area contributed by atoms with Crippen LogP contribution in [0.5, 0.6) is 5.75 Å². The third-order valence-electron chi connectivity index (χ3n) is 7.97. The number of rotatable bonds is 3. The molecule has 2 aliphatic carbocycles. The number of benzene rings is 2. The van der Waals surface area contributed by atoms with Gasteiger partial charge in [-0.25, -0.2) is 0 Å². The first kappa shape index (κ1) is 20.8. The van der Waals surface area contributed by atoms with Gasteiger partial charge in [-0.3, -0.25) is 9.69 Å². The van der Waals surface area contributed by atoms with E-state index in [1.54, 1.807) is 0 Å². The molecule has 2 bridgehead atoms. The van der Waals surface area contributed by atoms with Crippen molar-refractivity contribution in [3.8, 4) is 5.75 Å². The molecule has 2 fully saturated rings. The van der Waals surface area contributed by atoms with Crippen molar-refractivity contribution in [3.63, 3.8) is 0 Å². The molecule has 31 heavy (non-hydrogen) atoms. The maximum atomic E-state index is 12.5. The highest BCUT2D eigenvalue weighted by Gasteiger charge is 2.53. The van der Waals surface area contributed by atoms with Gasteiger partial charge in [0.05, 0.1) is 5.41 Å². The van der Waals surface area contributed by atoms with Gasteiger partial charge in [0.2, 0.25) is 0 Å². The lowest BCUT2D eigenvalue weighted by molar-refractivity contribution is -0.143. The van der Waals surface area contributed by atoms with E-state index in [1.165, 1.54) is 48.8 Å². The second kappa shape index (κ2) is 7.78. The van der Waals surface area contributed by atoms with E-state index in [-0.39, 0.29) is 11.4 Å². The largest absolute Gasteiger partial charge is 0.426 e. The Labute approximate surface area is 186 Å². The number of hydrogen-bond acceptors (Lipinski definition) is 3. The third-order valence-corrected chi connectivity index (χ3v) is 7.97. The molecule has 0 aromatic heterocycles. The highest BCUT2D eigenvalue weighted by molar-refractivity contribution is 5.78. The molecule has 3 aliphatic rings. The minimum Gasteiger partial charge on any atom is -0.426 e. The molecule has 5 rings (SSSR count). The van der Waals surface area contributed by atoms with Crippen LogP contribution in [0.3, 0.4) is 0 Å². The zero-order chi connectivity index (χ0) is 21.6. The lowest BCUT2D eigenvalue weighted by Gasteiger charge is -2.59. The van der Waals surface area contributed by atoms with Crippen molar-refractivity contribution in [2.75, 3.05) is 6.54 Å². The Morgan fingerprint density at radius 2 is 1.90 bits per heavy atom. The number of ether oxygens (including phenoxy) is 1. The Morgan fingerprint density at radius 1 is 1.10 bits per heavy atom. The van der Waals surface area contributed by atoms with E-state index in [9.17, 15) is 4.79 Å². The molecule has 3 atom stereocenters. The average molecular weight is 418 g/mol. The van der Waals surface area contributed by atoms with E-state index >= 15 is 0 Å². The number of esters is 1. The molecule has 3 nitrogen and oxygen atoms in total. The lowest BCUT2D eigenvalue weighted by Crippen LogP contribution is -2.60. The van der Waals surface area contributed by atoms with E-state index < -0.39 is 5.41 Å². The van der Waals surface area contributed by atoms with E-state index in [4.69, 9.17) is 4.74 Å². The summed E-state index contributed by atoms with van der Waals surface area (Å²) in [6, 6.07) is 18.0. The second-order valence-electron chi connectivity index (χ2n) is 10.9. The van der Waals surface area contributed by atoms with Gasteiger partial charge < -0.3 is 4.74 Å². The summed E-state index contributed by atoms with van der Waals surface area (Å²) in [5.74, 6) is 1.28. The standard InChI is InChI=1S/C28H35NO2/c1-27(2,3)26(30)31-22-13-12-21-17-25-23-11-7-8-14-28(23,24(21)18-22)15-16-29(25)19-20-9-5-4-6-10-20/h4-6,9-10,12-13,18,23,25H,7-8,11,14-17,19H2,1-3H3. The Kier molecular flexibility index (Phi) is 5.21. The molecule has 3 heteroatoms. The normalized spacial score (nSPS) is 27.8. The molecule has 1 heterocycles. The topological polar surface area (TPSA) is 29.5 Å². The van der Waals surface area contributed by atoms with Crippen LogP contribution in [0.25, 0.3) is 0 Å². The minimum absolute atomic E-state index is 0.156. The molecular weight excluding hydrogens is 382 g/mol. The van der Waals surface area contributed by atoms with Crippen LogP contribution >= 0.6 is 0 Å². The molecule has 3 unspecified atom stereocenters. The van der Waals surface area contributed by atoms with Crippen molar-refractivity contribution >= 4 is 5.97 Å². The second-order valence-corrected chi connectivity index (χ2v) is 10.9. The molecule has 1 saturated carbocycles. The van der Waals surface area contributed by atoms with Crippen molar-refractivity contribution in [1.29, 1.82) is 0 Å². The number of hydrogen-bond donors (Lipinski definition) is 0. The van der Waals surface area contributed by atoms with Gasteiger partial charge in [-0.15, -0.1) is 0 Å². The number of nitrogens with zero attached hydrogens (tertiary/aromatic N) is 1. The van der Waals surface area contributed by atoms with Gasteiger partial charge in [0.25, 0.3) is 0 Å². The Hall–Kier alpha value is -2.13. The van der Waals surface area contributed by atoms with Crippen molar-refractivity contribution in [3.05, 3.63) is 65.2 Å². The zero-order valence-corrected chi connectivity index (χ0v) is 19.2. The number of piperidine rings is 1. The van der Waals surface area contributed by atoms with Crippen LogP contribution in [0.15, 0.2) is 48.5 Å². The zero-order valence-electron chi connectivity index (χ0n) is 19.2. The van der Waals surface area contributed by atoms with E-state index in [2.05, 4.69) is 47.4 Å². The number of carbonyl (C=O) groups is 1. The van der Waals surface area contributed by atoms with Gasteiger partial charge in [0.1, 0.15) is 5.75 Å². The van der Waals surface area contributed by atoms with Gasteiger partial charge in [0, 0.05) is 18.0 Å². The van der Waals surface area contributed by atoms with Crippen molar-refractivity contribution in [2.24, 2.45) is 11.3 Å². The Morgan fingerprint density at radius 3 is 2.68 bits per heavy atom. The Balaban J connectivity index is 1.47. The van der Waals surface area contributed by atoms with Crippen LogP contribution in [-0.4, -0.2) is 23.5 Å². The molecule has 1 aliphatic heterocycles. The van der Waals surface area contributed by atoms with Crippen LogP contribution in [0, 0.1) is 11.3 Å². The smallest absolute Gasteiger partial charge is 0.316 e. The molecular formula is C28H35NO2. The van der Waals surface area contributed by atoms with Gasteiger partial charge in [-0.2, -0.15) is 0 Å². The predicted molar refractivity (Wildman–Crippen MR) is 124 cm³/mol. The Bertz CT molecular complexity index is 961. The van der Waals surface area contributed by atoms with Crippen molar-refractivity contribution < 1.29 is 9.53 Å². The highest BCUT2D eigenvalue weighted by atomic mass is 16.5. The van der Waals surface area contributed by atoms with E-state index in [0.717, 1.165) is 25.3 Å². The number of likely N-dealkylation sites (tertiary alicyclic amines) is 1. The first-order valence-electron chi connectivity index (χ1n) is 12.0. The van der Waals surface area contributed by atoms with Gasteiger partial charge in [-0.05, 0) is 87.7 Å². The van der Waals surface area contributed by atoms with Crippen LogP contribution in [0.1, 0.15) is 69.6 Å². The van der Waals surface area contributed by atoms with Gasteiger partial charge >= 0.3 is 5.97 Å². The summed E-state index contributed by atoms with van der Waals surface area (Å²) in [6.07, 6.45) is 7.58. The fourth-order valence-electron chi connectivity index (χ4n) is 6.40. The first-order valence-corrected chi connectivity index (χ1v) is 12.0. The summed E-state index contributed by atoms with van der Waals surface area (Å²) in [6.45, 7) is 7.94. The number of fused-ring (bicyclic) bond motifs is 1. The SMILES string of the molecule is CC(C)(C)C(=O)Oc1ccc2c(c1)C13CCCCC1C(C2)N(Cc1ccccc1)CC3. The fourth-order valence-corrected chi connectivity index (χ4v) is 6.40. The molecule has 0 radical (unpaired) electrons. The molecule has 164 valence electrons. The average Bonchev–Trinajstić information content (AvgIpc) is 2.76. The summed E-state index contributed by atoms with van der Waals surface area (Å²) in [5.41, 5.74) is 4.13. The lowest BCUT2D eigenvalue weighted by atomic mass is 9.52. The summed E-state index contributed by atoms with van der Waals surface area (Å²) < 4.78 is 5.81. The monoisotopic (exact) mass is 417 g/mol. The maximum Gasteiger partial charge on any atom is 0.316 e. The third kappa shape index (κ3) is 3.71. The molecule has 0 spiro atoms. The maximum absolute atomic E-state index is 12.5. The summed E-state index contributed by atoms with van der Waals surface area (Å²) in [7, 11) is 0. The van der Waals surface area contributed by atoms with Crippen LogP contribution < -0.4 is 4.74 Å². The van der Waals surface area contributed by atoms with Gasteiger partial charge in [0.15, 0.2) is 0 Å². The fraction of sp³-hybridized carbons (Fsp3) is 0.536. The molecule has 2 aromatic carbocycles. The molecule has 0 N–H and O–H groups in total.